The molecule has 0 fully saturated rings. The molecule has 0 radical (unpaired) electrons. The summed E-state index contributed by atoms with van der Waals surface area (Å²) in [6, 6.07) is 1.91. The molecule has 1 aromatic heterocycles. The fraction of sp³-hybridized carbons (Fsp3) is 0.250. The highest BCUT2D eigenvalue weighted by atomic mass is 79.9. The first-order valence-corrected chi connectivity index (χ1v) is 4.62. The van der Waals surface area contributed by atoms with Gasteiger partial charge in [0.25, 0.3) is 0 Å². The molecule has 1 N–H and O–H groups in total. The molecule has 4 nitrogen and oxygen atoms in total. The van der Waals surface area contributed by atoms with E-state index < -0.39 is 6.09 Å². The van der Waals surface area contributed by atoms with Crippen molar-refractivity contribution in [3.63, 3.8) is 0 Å². The lowest BCUT2D eigenvalue weighted by atomic mass is 10.2. The molecule has 2 rings (SSSR count). The van der Waals surface area contributed by atoms with Gasteiger partial charge in [-0.05, 0) is 34.0 Å². The van der Waals surface area contributed by atoms with Gasteiger partial charge in [-0.25, -0.2) is 9.78 Å². The van der Waals surface area contributed by atoms with Gasteiger partial charge in [-0.1, -0.05) is 0 Å². The molecule has 1 aliphatic rings. The third kappa shape index (κ3) is 1.39. The van der Waals surface area contributed by atoms with Crippen LogP contribution in [0.3, 0.4) is 0 Å². The molecule has 68 valence electrons. The fourth-order valence-electron chi connectivity index (χ4n) is 1.43. The monoisotopic (exact) mass is 242 g/mol. The van der Waals surface area contributed by atoms with E-state index in [-0.39, 0.29) is 0 Å². The van der Waals surface area contributed by atoms with E-state index in [1.807, 2.05) is 6.07 Å². The van der Waals surface area contributed by atoms with Crippen LogP contribution in [-0.2, 0) is 6.42 Å². The molecule has 5 heteroatoms. The van der Waals surface area contributed by atoms with Gasteiger partial charge in [-0.3, -0.25) is 4.90 Å². The number of carbonyl (C=O) groups is 1. The van der Waals surface area contributed by atoms with E-state index in [0.29, 0.717) is 12.4 Å². The van der Waals surface area contributed by atoms with Crippen LogP contribution < -0.4 is 4.90 Å². The van der Waals surface area contributed by atoms with Gasteiger partial charge in [0.15, 0.2) is 0 Å². The number of carboxylic acid groups (broad SMARTS) is 1. The number of hydrogen-bond acceptors (Lipinski definition) is 2. The second-order valence-electron chi connectivity index (χ2n) is 2.82. The summed E-state index contributed by atoms with van der Waals surface area (Å²) in [5.74, 6) is 0.565. The zero-order valence-electron chi connectivity index (χ0n) is 6.70. The Labute approximate surface area is 83.3 Å². The minimum absolute atomic E-state index is 0.508. The van der Waals surface area contributed by atoms with E-state index in [0.717, 1.165) is 16.5 Å². The van der Waals surface area contributed by atoms with Crippen molar-refractivity contribution >= 4 is 27.8 Å². The van der Waals surface area contributed by atoms with Crippen LogP contribution in [0.15, 0.2) is 16.7 Å². The highest BCUT2D eigenvalue weighted by Gasteiger charge is 2.25. The molecule has 0 atom stereocenters. The van der Waals surface area contributed by atoms with Crippen molar-refractivity contribution in [1.82, 2.24) is 4.98 Å². The lowest BCUT2D eigenvalue weighted by molar-refractivity contribution is 0.202. The average molecular weight is 243 g/mol. The van der Waals surface area contributed by atoms with Gasteiger partial charge in [-0.15, -0.1) is 0 Å². The van der Waals surface area contributed by atoms with Gasteiger partial charge >= 0.3 is 6.09 Å². The number of pyridine rings is 1. The molecular formula is C8H7BrN2O2. The SMILES string of the molecule is O=C(O)N1CCc2cc(Br)cnc21. The van der Waals surface area contributed by atoms with Crippen molar-refractivity contribution in [1.29, 1.82) is 0 Å². The van der Waals surface area contributed by atoms with Crippen LogP contribution >= 0.6 is 15.9 Å². The zero-order chi connectivity index (χ0) is 9.42. The number of fused-ring (bicyclic) bond motifs is 1. The Hall–Kier alpha value is -1.10. The first-order valence-electron chi connectivity index (χ1n) is 3.83. The van der Waals surface area contributed by atoms with Crippen molar-refractivity contribution in [2.75, 3.05) is 11.4 Å². The van der Waals surface area contributed by atoms with Crippen LogP contribution in [0.25, 0.3) is 0 Å². The van der Waals surface area contributed by atoms with Crippen LogP contribution in [0.1, 0.15) is 5.56 Å². The zero-order valence-corrected chi connectivity index (χ0v) is 8.28. The van der Waals surface area contributed by atoms with Crippen LogP contribution in [0.4, 0.5) is 10.6 Å². The highest BCUT2D eigenvalue weighted by molar-refractivity contribution is 9.10. The van der Waals surface area contributed by atoms with Crippen molar-refractivity contribution in [2.24, 2.45) is 0 Å². The molecule has 13 heavy (non-hydrogen) atoms. The second-order valence-corrected chi connectivity index (χ2v) is 3.74. The van der Waals surface area contributed by atoms with E-state index in [9.17, 15) is 4.79 Å². The lowest BCUT2D eigenvalue weighted by Crippen LogP contribution is -2.27. The molecule has 1 amide bonds. The minimum atomic E-state index is -0.937. The van der Waals surface area contributed by atoms with E-state index in [1.165, 1.54) is 4.90 Å². The Kier molecular flexibility index (Phi) is 1.95. The molecule has 0 aromatic carbocycles. The van der Waals surface area contributed by atoms with Crippen molar-refractivity contribution < 1.29 is 9.90 Å². The summed E-state index contributed by atoms with van der Waals surface area (Å²) in [6.45, 7) is 0.508. The molecule has 0 bridgehead atoms. The molecule has 0 saturated carbocycles. The second kappa shape index (κ2) is 2.99. The highest BCUT2D eigenvalue weighted by Crippen LogP contribution is 2.27. The van der Waals surface area contributed by atoms with E-state index in [4.69, 9.17) is 5.11 Å². The van der Waals surface area contributed by atoms with Crippen LogP contribution in [-0.4, -0.2) is 22.7 Å². The maximum atomic E-state index is 10.7. The first-order chi connectivity index (χ1) is 6.18. The van der Waals surface area contributed by atoms with Gasteiger partial charge in [0.1, 0.15) is 5.82 Å². The maximum Gasteiger partial charge on any atom is 0.413 e. The van der Waals surface area contributed by atoms with Crippen molar-refractivity contribution in [2.45, 2.75) is 6.42 Å². The van der Waals surface area contributed by atoms with Crippen molar-refractivity contribution in [3.8, 4) is 0 Å². The third-order valence-corrected chi connectivity index (χ3v) is 2.43. The lowest BCUT2D eigenvalue weighted by Gasteiger charge is -2.10. The van der Waals surface area contributed by atoms with Gasteiger partial charge in [0.2, 0.25) is 0 Å². The minimum Gasteiger partial charge on any atom is -0.465 e. The molecule has 0 unspecified atom stereocenters. The largest absolute Gasteiger partial charge is 0.465 e. The molecule has 2 heterocycles. The van der Waals surface area contributed by atoms with Crippen molar-refractivity contribution in [3.05, 3.63) is 22.3 Å². The Morgan fingerprint density at radius 1 is 1.69 bits per heavy atom. The maximum absolute atomic E-state index is 10.7. The average Bonchev–Trinajstić information content (AvgIpc) is 2.46. The summed E-state index contributed by atoms with van der Waals surface area (Å²) in [7, 11) is 0. The summed E-state index contributed by atoms with van der Waals surface area (Å²) in [5.41, 5.74) is 0.983. The number of rotatable bonds is 0. The van der Waals surface area contributed by atoms with E-state index >= 15 is 0 Å². The quantitative estimate of drug-likeness (QED) is 0.756. The molecule has 1 aliphatic heterocycles. The topological polar surface area (TPSA) is 53.4 Å². The summed E-state index contributed by atoms with van der Waals surface area (Å²) < 4.78 is 0.887. The summed E-state index contributed by atoms with van der Waals surface area (Å²) >= 11 is 3.29. The van der Waals surface area contributed by atoms with Crippen LogP contribution in [0.5, 0.6) is 0 Å². The number of halogens is 1. The number of amides is 1. The first kappa shape index (κ1) is 8.50. The van der Waals surface area contributed by atoms with Crippen LogP contribution in [0.2, 0.25) is 0 Å². The Morgan fingerprint density at radius 2 is 2.46 bits per heavy atom. The standard InChI is InChI=1S/C8H7BrN2O2/c9-6-3-5-1-2-11(8(12)13)7(5)10-4-6/h3-4H,1-2H2,(H,12,13). The van der Waals surface area contributed by atoms with Crippen LogP contribution in [0, 0.1) is 0 Å². The summed E-state index contributed by atoms with van der Waals surface area (Å²) in [4.78, 5) is 16.0. The molecule has 0 aliphatic carbocycles. The predicted octanol–water partition coefficient (Wildman–Crippen LogP) is 1.88. The third-order valence-electron chi connectivity index (χ3n) is 2.00. The summed E-state index contributed by atoms with van der Waals surface area (Å²) in [6.07, 6.45) is 1.42. The Balaban J connectivity index is 2.44. The van der Waals surface area contributed by atoms with Gasteiger partial charge < -0.3 is 5.11 Å². The molecular weight excluding hydrogens is 236 g/mol. The number of aromatic nitrogens is 1. The Bertz CT molecular complexity index is 367. The summed E-state index contributed by atoms with van der Waals surface area (Å²) in [5, 5.41) is 8.80. The van der Waals surface area contributed by atoms with Gasteiger partial charge in [0.05, 0.1) is 0 Å². The fourth-order valence-corrected chi connectivity index (χ4v) is 1.80. The number of anilines is 1. The van der Waals surface area contributed by atoms with Gasteiger partial charge in [0, 0.05) is 17.2 Å². The number of hydrogen-bond donors (Lipinski definition) is 1. The molecule has 1 aromatic rings. The smallest absolute Gasteiger partial charge is 0.413 e. The normalized spacial score (nSPS) is 14.4. The Morgan fingerprint density at radius 3 is 3.15 bits per heavy atom. The van der Waals surface area contributed by atoms with E-state index in [1.54, 1.807) is 6.20 Å². The predicted molar refractivity (Wildman–Crippen MR) is 51.0 cm³/mol. The molecule has 0 spiro atoms. The number of nitrogens with zero attached hydrogens (tertiary/aromatic N) is 2. The van der Waals surface area contributed by atoms with E-state index in [2.05, 4.69) is 20.9 Å². The molecule has 0 saturated heterocycles. The van der Waals surface area contributed by atoms with Gasteiger partial charge in [-0.2, -0.15) is 0 Å².